The molecule has 0 amide bonds. The van der Waals surface area contributed by atoms with Crippen LogP contribution in [0.25, 0.3) is 0 Å². The second-order valence-electron chi connectivity index (χ2n) is 2.69. The summed E-state index contributed by atoms with van der Waals surface area (Å²) in [6.45, 7) is -0.314. The van der Waals surface area contributed by atoms with Gasteiger partial charge in [-0.2, -0.15) is 0 Å². The Morgan fingerprint density at radius 1 is 1.36 bits per heavy atom. The quantitative estimate of drug-likeness (QED) is 0.600. The molecular formula is C10H12FNOS. The summed E-state index contributed by atoms with van der Waals surface area (Å²) in [7, 11) is 0. The maximum Gasteiger partial charge on any atom is 0.176 e. The highest BCUT2D eigenvalue weighted by molar-refractivity contribution is 7.99. The van der Waals surface area contributed by atoms with Gasteiger partial charge in [0.05, 0.1) is 13.2 Å². The number of hydrogen-bond acceptors (Lipinski definition) is 3. The SMILES string of the molecule is NCC(=O)c1ccc(SCCF)cc1. The van der Waals surface area contributed by atoms with Crippen LogP contribution < -0.4 is 5.73 Å². The first-order valence-electron chi connectivity index (χ1n) is 4.30. The predicted molar refractivity (Wildman–Crippen MR) is 56.5 cm³/mol. The van der Waals surface area contributed by atoms with Gasteiger partial charge in [0.15, 0.2) is 5.78 Å². The van der Waals surface area contributed by atoms with Crippen LogP contribution in [0.4, 0.5) is 4.39 Å². The molecule has 1 aromatic rings. The predicted octanol–water partition coefficient (Wildman–Crippen LogP) is 1.89. The van der Waals surface area contributed by atoms with E-state index in [0.717, 1.165) is 4.90 Å². The summed E-state index contributed by atoms with van der Waals surface area (Å²) in [6, 6.07) is 7.05. The number of hydrogen-bond donors (Lipinski definition) is 1. The molecule has 76 valence electrons. The molecule has 14 heavy (non-hydrogen) atoms. The van der Waals surface area contributed by atoms with Gasteiger partial charge in [-0.3, -0.25) is 9.18 Å². The van der Waals surface area contributed by atoms with E-state index in [-0.39, 0.29) is 19.0 Å². The molecule has 1 aromatic carbocycles. The molecule has 0 atom stereocenters. The third-order valence-electron chi connectivity index (χ3n) is 1.71. The zero-order valence-corrected chi connectivity index (χ0v) is 8.52. The lowest BCUT2D eigenvalue weighted by atomic mass is 10.1. The van der Waals surface area contributed by atoms with Gasteiger partial charge in [0, 0.05) is 16.2 Å². The van der Waals surface area contributed by atoms with E-state index in [1.807, 2.05) is 12.1 Å². The topological polar surface area (TPSA) is 43.1 Å². The van der Waals surface area contributed by atoms with E-state index in [1.54, 1.807) is 12.1 Å². The van der Waals surface area contributed by atoms with Crippen molar-refractivity contribution in [1.82, 2.24) is 0 Å². The van der Waals surface area contributed by atoms with Gasteiger partial charge in [-0.25, -0.2) is 0 Å². The second-order valence-corrected chi connectivity index (χ2v) is 3.86. The molecule has 0 aromatic heterocycles. The van der Waals surface area contributed by atoms with E-state index in [1.165, 1.54) is 11.8 Å². The maximum atomic E-state index is 11.8. The fourth-order valence-electron chi connectivity index (χ4n) is 1.01. The Kier molecular flexibility index (Phi) is 4.62. The molecular weight excluding hydrogens is 201 g/mol. The lowest BCUT2D eigenvalue weighted by molar-refractivity contribution is 0.100. The van der Waals surface area contributed by atoms with Crippen molar-refractivity contribution in [3.63, 3.8) is 0 Å². The van der Waals surface area contributed by atoms with Crippen molar-refractivity contribution in [3.8, 4) is 0 Å². The van der Waals surface area contributed by atoms with Gasteiger partial charge in [-0.15, -0.1) is 11.8 Å². The fraction of sp³-hybridized carbons (Fsp3) is 0.300. The van der Waals surface area contributed by atoms with Crippen molar-refractivity contribution in [2.75, 3.05) is 19.0 Å². The molecule has 0 spiro atoms. The number of rotatable bonds is 5. The summed E-state index contributed by atoms with van der Waals surface area (Å²) in [5.74, 6) is 0.372. The van der Waals surface area contributed by atoms with Crippen LogP contribution in [0, 0.1) is 0 Å². The summed E-state index contributed by atoms with van der Waals surface area (Å²) in [5.41, 5.74) is 5.83. The third kappa shape index (κ3) is 3.12. The molecule has 0 saturated carbocycles. The van der Waals surface area contributed by atoms with Crippen LogP contribution in [0.5, 0.6) is 0 Å². The number of nitrogens with two attached hydrogens (primary N) is 1. The monoisotopic (exact) mass is 213 g/mol. The summed E-state index contributed by atoms with van der Waals surface area (Å²) in [6.07, 6.45) is 0. The van der Waals surface area contributed by atoms with Gasteiger partial charge in [0.1, 0.15) is 0 Å². The second kappa shape index (κ2) is 5.78. The summed E-state index contributed by atoms with van der Waals surface area (Å²) in [5, 5.41) is 0. The molecule has 0 bridgehead atoms. The molecule has 1 rings (SSSR count). The number of carbonyl (C=O) groups excluding carboxylic acids is 1. The first-order valence-corrected chi connectivity index (χ1v) is 5.28. The Morgan fingerprint density at radius 3 is 2.50 bits per heavy atom. The van der Waals surface area contributed by atoms with Gasteiger partial charge in [-0.1, -0.05) is 12.1 Å². The van der Waals surface area contributed by atoms with Gasteiger partial charge < -0.3 is 5.73 Å². The Bertz CT molecular complexity index is 299. The average molecular weight is 213 g/mol. The van der Waals surface area contributed by atoms with Crippen LogP contribution in [-0.4, -0.2) is 24.8 Å². The summed E-state index contributed by atoms with van der Waals surface area (Å²) >= 11 is 1.43. The molecule has 0 radical (unpaired) electrons. The van der Waals surface area contributed by atoms with E-state index < -0.39 is 0 Å². The number of benzene rings is 1. The molecule has 0 saturated heterocycles. The highest BCUT2D eigenvalue weighted by Gasteiger charge is 2.02. The normalized spacial score (nSPS) is 10.1. The standard InChI is InChI=1S/C10H12FNOS/c11-5-6-14-9-3-1-8(2-4-9)10(13)7-12/h1-4H,5-7,12H2. The smallest absolute Gasteiger partial charge is 0.176 e. The zero-order valence-electron chi connectivity index (χ0n) is 7.70. The van der Waals surface area contributed by atoms with Gasteiger partial charge in [-0.05, 0) is 12.1 Å². The molecule has 2 N–H and O–H groups in total. The van der Waals surface area contributed by atoms with Crippen molar-refractivity contribution in [1.29, 1.82) is 0 Å². The first-order chi connectivity index (χ1) is 6.77. The van der Waals surface area contributed by atoms with Crippen molar-refractivity contribution in [3.05, 3.63) is 29.8 Å². The molecule has 0 heterocycles. The van der Waals surface area contributed by atoms with Crippen LogP contribution >= 0.6 is 11.8 Å². The average Bonchev–Trinajstić information content (AvgIpc) is 2.26. The number of Topliss-reactive ketones (excluding diaryl/α,β-unsaturated/α-hetero) is 1. The molecule has 0 aliphatic carbocycles. The number of thioether (sulfide) groups is 1. The molecule has 0 unspecified atom stereocenters. The van der Waals surface area contributed by atoms with E-state index >= 15 is 0 Å². The maximum absolute atomic E-state index is 11.8. The largest absolute Gasteiger partial charge is 0.324 e. The molecule has 0 aliphatic rings. The number of alkyl halides is 1. The van der Waals surface area contributed by atoms with Crippen LogP contribution in [0.15, 0.2) is 29.2 Å². The molecule has 2 nitrogen and oxygen atoms in total. The number of halogens is 1. The minimum Gasteiger partial charge on any atom is -0.324 e. The van der Waals surface area contributed by atoms with Gasteiger partial charge in [0.25, 0.3) is 0 Å². The zero-order chi connectivity index (χ0) is 10.4. The van der Waals surface area contributed by atoms with Crippen LogP contribution in [0.2, 0.25) is 0 Å². The van der Waals surface area contributed by atoms with E-state index in [9.17, 15) is 9.18 Å². The highest BCUT2D eigenvalue weighted by Crippen LogP contribution is 2.18. The summed E-state index contributed by atoms with van der Waals surface area (Å²) in [4.78, 5) is 12.1. The summed E-state index contributed by atoms with van der Waals surface area (Å²) < 4.78 is 11.8. The number of carbonyl (C=O) groups is 1. The Balaban J connectivity index is 2.63. The fourth-order valence-corrected chi connectivity index (χ4v) is 1.65. The lowest BCUT2D eigenvalue weighted by Gasteiger charge is -2.00. The van der Waals surface area contributed by atoms with E-state index in [4.69, 9.17) is 5.73 Å². The minimum absolute atomic E-state index is 0.0248. The van der Waals surface area contributed by atoms with E-state index in [0.29, 0.717) is 11.3 Å². The van der Waals surface area contributed by atoms with Gasteiger partial charge >= 0.3 is 0 Å². The van der Waals surface area contributed by atoms with E-state index in [2.05, 4.69) is 0 Å². The van der Waals surface area contributed by atoms with Gasteiger partial charge in [0.2, 0.25) is 0 Å². The molecule has 4 heteroatoms. The third-order valence-corrected chi connectivity index (χ3v) is 2.67. The van der Waals surface area contributed by atoms with Crippen molar-refractivity contribution < 1.29 is 9.18 Å². The molecule has 0 fully saturated rings. The highest BCUT2D eigenvalue weighted by atomic mass is 32.2. The lowest BCUT2D eigenvalue weighted by Crippen LogP contribution is -2.13. The van der Waals surface area contributed by atoms with Crippen molar-refractivity contribution in [2.45, 2.75) is 4.90 Å². The molecule has 0 aliphatic heterocycles. The van der Waals surface area contributed by atoms with Crippen LogP contribution in [0.1, 0.15) is 10.4 Å². The Hall–Kier alpha value is -0.870. The van der Waals surface area contributed by atoms with Crippen molar-refractivity contribution in [2.24, 2.45) is 5.73 Å². The number of ketones is 1. The Morgan fingerprint density at radius 2 is 2.00 bits per heavy atom. The Labute approximate surface area is 86.7 Å². The first kappa shape index (κ1) is 11.2. The van der Waals surface area contributed by atoms with Crippen LogP contribution in [-0.2, 0) is 0 Å². The minimum atomic E-state index is -0.339. The van der Waals surface area contributed by atoms with Crippen LogP contribution in [0.3, 0.4) is 0 Å². The van der Waals surface area contributed by atoms with Crippen molar-refractivity contribution >= 4 is 17.5 Å².